The average Bonchev–Trinajstić information content (AvgIpc) is 2.82. The average molecular weight is 450 g/mol. The Balaban J connectivity index is 1.45. The number of likely N-dealkylation sites (N-methyl/N-ethyl adjacent to an activating group) is 1. The molecule has 1 aliphatic heterocycles. The molecule has 0 aliphatic carbocycles. The van der Waals surface area contributed by atoms with Gasteiger partial charge >= 0.3 is 0 Å². The van der Waals surface area contributed by atoms with Crippen LogP contribution in [-0.2, 0) is 4.79 Å². The van der Waals surface area contributed by atoms with Crippen molar-refractivity contribution in [3.8, 4) is 11.5 Å². The van der Waals surface area contributed by atoms with Gasteiger partial charge in [0.2, 0.25) is 5.91 Å². The molecule has 1 aromatic heterocycles. The van der Waals surface area contributed by atoms with Gasteiger partial charge in [0.1, 0.15) is 31.4 Å². The van der Waals surface area contributed by atoms with E-state index in [4.69, 9.17) is 9.47 Å². The summed E-state index contributed by atoms with van der Waals surface area (Å²) in [6.07, 6.45) is 1.53. The lowest BCUT2D eigenvalue weighted by atomic mass is 10.2. The largest absolute Gasteiger partial charge is 0.486 e. The van der Waals surface area contributed by atoms with Crippen molar-refractivity contribution < 1.29 is 23.5 Å². The summed E-state index contributed by atoms with van der Waals surface area (Å²) < 4.78 is 24.6. The first-order valence-corrected chi connectivity index (χ1v) is 10.5. The maximum absolute atomic E-state index is 13.5. The molecule has 0 saturated carbocycles. The fourth-order valence-corrected chi connectivity index (χ4v) is 3.37. The van der Waals surface area contributed by atoms with Crippen LogP contribution in [0.2, 0.25) is 0 Å². The summed E-state index contributed by atoms with van der Waals surface area (Å²) >= 11 is 0. The molecule has 170 valence electrons. The van der Waals surface area contributed by atoms with E-state index < -0.39 is 5.82 Å². The lowest BCUT2D eigenvalue weighted by Crippen LogP contribution is -2.38. The number of ether oxygens (including phenoxy) is 2. The number of hydrogen-bond acceptors (Lipinski definition) is 6. The summed E-state index contributed by atoms with van der Waals surface area (Å²) in [7, 11) is 0. The Morgan fingerprint density at radius 3 is 2.64 bits per heavy atom. The van der Waals surface area contributed by atoms with Crippen LogP contribution >= 0.6 is 0 Å². The third-order valence-corrected chi connectivity index (χ3v) is 4.95. The molecule has 1 aliphatic rings. The van der Waals surface area contributed by atoms with Gasteiger partial charge in [0.15, 0.2) is 11.5 Å². The second kappa shape index (κ2) is 9.99. The third-order valence-electron chi connectivity index (χ3n) is 4.95. The Hall–Kier alpha value is -4.14. The van der Waals surface area contributed by atoms with E-state index in [0.29, 0.717) is 42.6 Å². The van der Waals surface area contributed by atoms with Crippen LogP contribution in [0, 0.1) is 5.82 Å². The van der Waals surface area contributed by atoms with E-state index in [0.717, 1.165) is 0 Å². The van der Waals surface area contributed by atoms with Gasteiger partial charge in [-0.2, -0.15) is 0 Å². The Kier molecular flexibility index (Phi) is 6.68. The highest BCUT2D eigenvalue weighted by molar-refractivity contribution is 6.02. The van der Waals surface area contributed by atoms with E-state index in [1.54, 1.807) is 49.4 Å². The van der Waals surface area contributed by atoms with Crippen molar-refractivity contribution in [1.29, 1.82) is 0 Å². The molecule has 2 amide bonds. The minimum Gasteiger partial charge on any atom is -0.486 e. The fraction of sp³-hybridized carbons (Fsp3) is 0.208. The molecule has 0 atom stereocenters. The molecule has 2 N–H and O–H groups in total. The van der Waals surface area contributed by atoms with E-state index in [-0.39, 0.29) is 29.7 Å². The molecule has 9 heteroatoms. The third kappa shape index (κ3) is 5.38. The Labute approximate surface area is 190 Å². The molecule has 0 saturated heterocycles. The van der Waals surface area contributed by atoms with Crippen molar-refractivity contribution in [3.05, 3.63) is 72.2 Å². The van der Waals surface area contributed by atoms with Crippen LogP contribution in [0.15, 0.2) is 60.8 Å². The summed E-state index contributed by atoms with van der Waals surface area (Å²) in [6, 6.07) is 14.2. The van der Waals surface area contributed by atoms with Crippen molar-refractivity contribution in [1.82, 2.24) is 9.88 Å². The highest BCUT2D eigenvalue weighted by Crippen LogP contribution is 2.32. The van der Waals surface area contributed by atoms with Crippen molar-refractivity contribution in [3.63, 3.8) is 0 Å². The van der Waals surface area contributed by atoms with E-state index in [2.05, 4.69) is 15.6 Å². The molecule has 8 nitrogen and oxygen atoms in total. The van der Waals surface area contributed by atoms with E-state index >= 15 is 0 Å². The maximum atomic E-state index is 13.5. The first-order chi connectivity index (χ1) is 16.0. The van der Waals surface area contributed by atoms with Gasteiger partial charge in [0, 0.05) is 30.2 Å². The maximum Gasteiger partial charge on any atom is 0.258 e. The number of rotatable bonds is 7. The topological polar surface area (TPSA) is 92.8 Å². The van der Waals surface area contributed by atoms with Gasteiger partial charge < -0.3 is 25.0 Å². The highest BCUT2D eigenvalue weighted by Gasteiger charge is 2.21. The smallest absolute Gasteiger partial charge is 0.258 e. The Morgan fingerprint density at radius 1 is 1.03 bits per heavy atom. The summed E-state index contributed by atoms with van der Waals surface area (Å²) in [5.74, 6) is 0.325. The monoisotopic (exact) mass is 450 g/mol. The summed E-state index contributed by atoms with van der Waals surface area (Å²) in [6.45, 7) is 2.86. The number of amides is 2. The fourth-order valence-electron chi connectivity index (χ4n) is 3.37. The Bertz CT molecular complexity index is 1170. The van der Waals surface area contributed by atoms with Gasteiger partial charge in [-0.3, -0.25) is 9.59 Å². The lowest BCUT2D eigenvalue weighted by molar-refractivity contribution is -0.116. The van der Waals surface area contributed by atoms with E-state index in [9.17, 15) is 14.0 Å². The number of hydrogen-bond donors (Lipinski definition) is 2. The van der Waals surface area contributed by atoms with Gasteiger partial charge in [-0.15, -0.1) is 0 Å². The summed E-state index contributed by atoms with van der Waals surface area (Å²) in [5, 5.41) is 5.75. The molecule has 33 heavy (non-hydrogen) atoms. The molecule has 3 aromatic rings. The number of carbonyl (C=O) groups excluding carboxylic acids is 2. The van der Waals surface area contributed by atoms with Gasteiger partial charge in [-0.1, -0.05) is 6.07 Å². The molecular weight excluding hydrogens is 427 g/mol. The predicted octanol–water partition coefficient (Wildman–Crippen LogP) is 3.84. The predicted molar refractivity (Wildman–Crippen MR) is 122 cm³/mol. The number of aromatic nitrogens is 1. The summed E-state index contributed by atoms with van der Waals surface area (Å²) in [4.78, 5) is 31.5. The number of nitrogens with zero attached hydrogens (tertiary/aromatic N) is 2. The number of nitrogens with one attached hydrogen (secondary N) is 2. The van der Waals surface area contributed by atoms with Crippen LogP contribution in [0.25, 0.3) is 0 Å². The normalized spacial score (nSPS) is 12.1. The highest BCUT2D eigenvalue weighted by atomic mass is 19.1. The molecule has 0 bridgehead atoms. The van der Waals surface area contributed by atoms with Crippen LogP contribution in [0.1, 0.15) is 17.3 Å². The van der Waals surface area contributed by atoms with Crippen LogP contribution in [-0.4, -0.2) is 48.0 Å². The molecule has 0 fully saturated rings. The second-order valence-corrected chi connectivity index (χ2v) is 7.26. The van der Waals surface area contributed by atoms with Gasteiger partial charge in [-0.25, -0.2) is 9.37 Å². The zero-order chi connectivity index (χ0) is 23.2. The molecular formula is C24H23FN4O4. The first-order valence-electron chi connectivity index (χ1n) is 10.5. The Morgan fingerprint density at radius 2 is 1.85 bits per heavy atom. The van der Waals surface area contributed by atoms with E-state index in [1.807, 2.05) is 0 Å². The molecule has 0 radical (unpaired) electrons. The van der Waals surface area contributed by atoms with Crippen LogP contribution < -0.4 is 20.1 Å². The van der Waals surface area contributed by atoms with Crippen LogP contribution in [0.4, 0.5) is 21.6 Å². The minimum absolute atomic E-state index is 0.155. The molecule has 4 rings (SSSR count). The number of fused-ring (bicyclic) bond motifs is 1. The lowest BCUT2D eigenvalue weighted by Gasteiger charge is -2.22. The van der Waals surface area contributed by atoms with Crippen molar-refractivity contribution in [2.75, 3.05) is 36.9 Å². The number of carbonyl (C=O) groups is 2. The molecule has 0 spiro atoms. The number of anilines is 3. The first kappa shape index (κ1) is 22.1. The zero-order valence-corrected chi connectivity index (χ0v) is 18.0. The number of pyridine rings is 1. The number of halogens is 1. The van der Waals surface area contributed by atoms with Crippen molar-refractivity contribution >= 4 is 29.0 Å². The number of benzene rings is 2. The minimum atomic E-state index is -0.408. The standard InChI is InChI=1S/C24H23FN4O4/c1-2-29(15-22(30)27-18-8-9-20-21(14-18)33-12-11-32-20)24(31)19-7-4-10-26-23(19)28-17-6-3-5-16(25)13-17/h3-10,13-14H,2,11-12,15H2,1H3,(H,26,28)(H,27,30). The van der Waals surface area contributed by atoms with Crippen LogP contribution in [0.5, 0.6) is 11.5 Å². The quantitative estimate of drug-likeness (QED) is 0.568. The van der Waals surface area contributed by atoms with Gasteiger partial charge in [-0.05, 0) is 49.4 Å². The molecule has 2 heterocycles. The summed E-state index contributed by atoms with van der Waals surface area (Å²) in [5.41, 5.74) is 1.28. The zero-order valence-electron chi connectivity index (χ0n) is 18.0. The van der Waals surface area contributed by atoms with Crippen molar-refractivity contribution in [2.24, 2.45) is 0 Å². The second-order valence-electron chi connectivity index (χ2n) is 7.26. The van der Waals surface area contributed by atoms with Crippen LogP contribution in [0.3, 0.4) is 0 Å². The van der Waals surface area contributed by atoms with E-state index in [1.165, 1.54) is 23.2 Å². The molecule has 2 aromatic carbocycles. The van der Waals surface area contributed by atoms with Crippen molar-refractivity contribution in [2.45, 2.75) is 6.92 Å². The van der Waals surface area contributed by atoms with Gasteiger partial charge in [0.05, 0.1) is 5.56 Å². The SMILES string of the molecule is CCN(CC(=O)Nc1ccc2c(c1)OCCO2)C(=O)c1cccnc1Nc1cccc(F)c1. The van der Waals surface area contributed by atoms with Gasteiger partial charge in [0.25, 0.3) is 5.91 Å². The molecule has 0 unspecified atom stereocenters.